The van der Waals surface area contributed by atoms with E-state index in [-0.39, 0.29) is 31.0 Å². The maximum Gasteiger partial charge on any atom is 0.231 e. The molecule has 0 aliphatic carbocycles. The van der Waals surface area contributed by atoms with Gasteiger partial charge in [0, 0.05) is 19.5 Å². The monoisotopic (exact) mass is 614 g/mol. The van der Waals surface area contributed by atoms with Crippen molar-refractivity contribution in [1.29, 1.82) is 0 Å². The van der Waals surface area contributed by atoms with E-state index in [1.807, 2.05) is 111 Å². The van der Waals surface area contributed by atoms with Gasteiger partial charge in [-0.2, -0.15) is 0 Å². The number of aromatic hydroxyl groups is 2. The molecule has 0 saturated heterocycles. The van der Waals surface area contributed by atoms with Gasteiger partial charge in [0.1, 0.15) is 22.5 Å². The summed E-state index contributed by atoms with van der Waals surface area (Å²) in [7, 11) is 0. The molecule has 0 bridgehead atoms. The predicted molar refractivity (Wildman–Crippen MR) is 167 cm³/mol. The predicted octanol–water partition coefficient (Wildman–Crippen LogP) is 9.32. The molecule has 0 aliphatic heterocycles. The van der Waals surface area contributed by atoms with Crippen molar-refractivity contribution in [2.45, 2.75) is 13.8 Å². The van der Waals surface area contributed by atoms with Gasteiger partial charge in [-0.15, -0.1) is 0 Å². The molecule has 7 heteroatoms. The van der Waals surface area contributed by atoms with E-state index in [0.717, 1.165) is 54.9 Å². The third-order valence-electron chi connectivity index (χ3n) is 7.33. The molecule has 8 aromatic rings. The first-order valence-electron chi connectivity index (χ1n) is 13.6. The van der Waals surface area contributed by atoms with Crippen molar-refractivity contribution in [1.82, 2.24) is 9.97 Å². The van der Waals surface area contributed by atoms with Crippen LogP contribution in [-0.4, -0.2) is 20.2 Å². The smallest absolute Gasteiger partial charge is 0.231 e. The van der Waals surface area contributed by atoms with Gasteiger partial charge in [-0.1, -0.05) is 72.8 Å². The van der Waals surface area contributed by atoms with Crippen LogP contribution in [0.1, 0.15) is 11.1 Å². The molecule has 43 heavy (non-hydrogen) atoms. The Hall–Kier alpha value is -5.00. The van der Waals surface area contributed by atoms with Gasteiger partial charge in [0.15, 0.2) is 11.2 Å². The first kappa shape index (κ1) is 28.1. The first-order chi connectivity index (χ1) is 20.4. The molecule has 0 atom stereocenters. The molecular weight excluding hydrogens is 590 g/mol. The molecule has 2 heterocycles. The fourth-order valence-electron chi connectivity index (χ4n) is 5.26. The SMILES string of the molecule is Cc1ccc2oc(-c3c(O)ccc4ccccc34)nc2c1.Cc1ccc2oc(-c3c(O)ccc4ccccc34)nc2c1.[Zn]. The molecule has 206 valence electrons. The topological polar surface area (TPSA) is 92.5 Å². The molecule has 0 amide bonds. The third-order valence-corrected chi connectivity index (χ3v) is 7.33. The molecule has 6 aromatic carbocycles. The van der Waals surface area contributed by atoms with E-state index in [0.29, 0.717) is 22.9 Å². The van der Waals surface area contributed by atoms with Crippen LogP contribution in [0.4, 0.5) is 0 Å². The van der Waals surface area contributed by atoms with E-state index in [9.17, 15) is 10.2 Å². The number of hydrogen-bond donors (Lipinski definition) is 2. The third kappa shape index (κ3) is 5.24. The summed E-state index contributed by atoms with van der Waals surface area (Å²) in [5, 5.41) is 24.4. The Morgan fingerprint density at radius 1 is 0.512 bits per heavy atom. The second-order valence-electron chi connectivity index (χ2n) is 10.3. The van der Waals surface area contributed by atoms with Crippen LogP contribution >= 0.6 is 0 Å². The minimum absolute atomic E-state index is 0. The second kappa shape index (κ2) is 11.4. The van der Waals surface area contributed by atoms with E-state index in [4.69, 9.17) is 8.83 Å². The fraction of sp³-hybridized carbons (Fsp3) is 0.0556. The number of aryl methyl sites for hydroxylation is 2. The molecular formula is C36H26N2O4Zn. The number of hydrogen-bond acceptors (Lipinski definition) is 6. The standard InChI is InChI=1S/2C18H13NO2.Zn/c2*1-11-6-9-16-14(10-11)19-18(21-16)17-13-5-3-2-4-12(13)7-8-15(17)20;/h2*2-10,20H,1H3;. The number of oxazole rings is 2. The summed E-state index contributed by atoms with van der Waals surface area (Å²) in [5.74, 6) is 1.25. The van der Waals surface area contributed by atoms with Gasteiger partial charge >= 0.3 is 0 Å². The Balaban J connectivity index is 0.000000150. The second-order valence-corrected chi connectivity index (χ2v) is 10.3. The fourth-order valence-corrected chi connectivity index (χ4v) is 5.26. The Morgan fingerprint density at radius 3 is 1.37 bits per heavy atom. The summed E-state index contributed by atoms with van der Waals surface area (Å²) >= 11 is 0. The summed E-state index contributed by atoms with van der Waals surface area (Å²) in [6.07, 6.45) is 0. The zero-order chi connectivity index (χ0) is 28.8. The van der Waals surface area contributed by atoms with E-state index >= 15 is 0 Å². The first-order valence-corrected chi connectivity index (χ1v) is 13.6. The molecule has 0 fully saturated rings. The van der Waals surface area contributed by atoms with Crippen molar-refractivity contribution in [3.05, 3.63) is 120 Å². The molecule has 6 nitrogen and oxygen atoms in total. The number of rotatable bonds is 2. The summed E-state index contributed by atoms with van der Waals surface area (Å²) < 4.78 is 11.7. The molecule has 0 unspecified atom stereocenters. The van der Waals surface area contributed by atoms with Gasteiger partial charge in [0.25, 0.3) is 0 Å². The summed E-state index contributed by atoms with van der Waals surface area (Å²) in [4.78, 5) is 9.06. The Labute approximate surface area is 260 Å². The number of nitrogens with zero attached hydrogens (tertiary/aromatic N) is 2. The van der Waals surface area contributed by atoms with Gasteiger partial charge in [0.05, 0.1) is 11.1 Å². The van der Waals surface area contributed by atoms with Crippen LogP contribution < -0.4 is 0 Å². The maximum atomic E-state index is 10.2. The summed E-state index contributed by atoms with van der Waals surface area (Å²) in [5.41, 5.74) is 6.60. The van der Waals surface area contributed by atoms with Crippen molar-refractivity contribution in [2.24, 2.45) is 0 Å². The van der Waals surface area contributed by atoms with Crippen LogP contribution in [0.25, 0.3) is 66.7 Å². The van der Waals surface area contributed by atoms with Gasteiger partial charge in [-0.3, -0.25) is 0 Å². The van der Waals surface area contributed by atoms with E-state index in [2.05, 4.69) is 9.97 Å². The van der Waals surface area contributed by atoms with Crippen LogP contribution in [0, 0.1) is 13.8 Å². The van der Waals surface area contributed by atoms with E-state index in [1.165, 1.54) is 0 Å². The molecule has 0 saturated carbocycles. The number of fused-ring (bicyclic) bond motifs is 4. The minimum Gasteiger partial charge on any atom is -0.507 e. The van der Waals surface area contributed by atoms with Gasteiger partial charge in [0.2, 0.25) is 11.8 Å². The van der Waals surface area contributed by atoms with Gasteiger partial charge in [-0.05, 0) is 82.9 Å². The molecule has 0 radical (unpaired) electrons. The van der Waals surface area contributed by atoms with Crippen LogP contribution in [0.2, 0.25) is 0 Å². The Morgan fingerprint density at radius 2 is 0.930 bits per heavy atom. The minimum atomic E-state index is 0. The van der Waals surface area contributed by atoms with Crippen LogP contribution in [-0.2, 0) is 19.5 Å². The van der Waals surface area contributed by atoms with Crippen LogP contribution in [0.5, 0.6) is 11.5 Å². The molecule has 2 N–H and O–H groups in total. The van der Waals surface area contributed by atoms with Crippen molar-refractivity contribution in [2.75, 3.05) is 0 Å². The Kier molecular flexibility index (Phi) is 7.43. The zero-order valence-corrected chi connectivity index (χ0v) is 26.7. The number of phenolic OH excluding ortho intramolecular Hbond substituents is 2. The van der Waals surface area contributed by atoms with Crippen LogP contribution in [0.15, 0.2) is 118 Å². The maximum absolute atomic E-state index is 10.2. The number of phenols is 2. The average Bonchev–Trinajstić information content (AvgIpc) is 3.60. The van der Waals surface area contributed by atoms with E-state index in [1.54, 1.807) is 12.1 Å². The van der Waals surface area contributed by atoms with Crippen molar-refractivity contribution >= 4 is 43.7 Å². The van der Waals surface area contributed by atoms with Gasteiger partial charge in [-0.25, -0.2) is 9.97 Å². The summed E-state index contributed by atoms with van der Waals surface area (Å²) in [6, 6.07) is 34.6. The molecule has 8 rings (SSSR count). The van der Waals surface area contributed by atoms with Crippen LogP contribution in [0.3, 0.4) is 0 Å². The summed E-state index contributed by atoms with van der Waals surface area (Å²) in [6.45, 7) is 4.03. The Bertz CT molecular complexity index is 2110. The average molecular weight is 616 g/mol. The molecule has 0 spiro atoms. The normalized spacial score (nSPS) is 11.0. The van der Waals surface area contributed by atoms with E-state index < -0.39 is 0 Å². The van der Waals surface area contributed by atoms with Gasteiger partial charge < -0.3 is 19.0 Å². The largest absolute Gasteiger partial charge is 0.507 e. The van der Waals surface area contributed by atoms with Crippen molar-refractivity contribution in [3.63, 3.8) is 0 Å². The number of aromatic nitrogens is 2. The molecule has 0 aliphatic rings. The zero-order valence-electron chi connectivity index (χ0n) is 23.7. The van der Waals surface area contributed by atoms with Crippen molar-refractivity contribution < 1.29 is 38.5 Å². The van der Waals surface area contributed by atoms with Crippen molar-refractivity contribution in [3.8, 4) is 34.4 Å². The molecule has 2 aromatic heterocycles. The number of benzene rings is 6. The quantitative estimate of drug-likeness (QED) is 0.188.